The molecule has 0 spiro atoms. The molecule has 2 aromatic rings. The molecule has 1 atom stereocenters. The topological polar surface area (TPSA) is 69.6 Å². The Hall–Kier alpha value is -1.24. The van der Waals surface area contributed by atoms with Crippen molar-refractivity contribution in [1.82, 2.24) is 25.2 Å². The third-order valence-electron chi connectivity index (χ3n) is 1.91. The van der Waals surface area contributed by atoms with E-state index < -0.39 is 0 Å². The first-order valence-corrected chi connectivity index (χ1v) is 5.40. The normalized spacial score (nSPS) is 13.0. The quantitative estimate of drug-likeness (QED) is 0.791. The number of aromatic nitrogens is 5. The van der Waals surface area contributed by atoms with Gasteiger partial charge in [0, 0.05) is 6.92 Å². The molecule has 0 saturated carbocycles. The molecule has 15 heavy (non-hydrogen) atoms. The molecular formula is C8H10BrN5O. The van der Waals surface area contributed by atoms with Gasteiger partial charge in [0.05, 0.1) is 16.7 Å². The minimum absolute atomic E-state index is 0.191. The van der Waals surface area contributed by atoms with E-state index in [0.29, 0.717) is 18.3 Å². The van der Waals surface area contributed by atoms with Crippen molar-refractivity contribution in [3.63, 3.8) is 0 Å². The van der Waals surface area contributed by atoms with E-state index in [1.807, 2.05) is 6.92 Å². The summed E-state index contributed by atoms with van der Waals surface area (Å²) in [5.74, 6) is 1.09. The molecule has 0 amide bonds. The van der Waals surface area contributed by atoms with Crippen LogP contribution in [-0.4, -0.2) is 25.2 Å². The number of alkyl halides is 1. The van der Waals surface area contributed by atoms with Gasteiger partial charge in [0.15, 0.2) is 0 Å². The first-order chi connectivity index (χ1) is 7.16. The van der Waals surface area contributed by atoms with Gasteiger partial charge in [-0.3, -0.25) is 0 Å². The van der Waals surface area contributed by atoms with Crippen molar-refractivity contribution in [3.8, 4) is 0 Å². The lowest BCUT2D eigenvalue weighted by atomic mass is 10.3. The SMILES string of the molecule is Cc1nnc(Cn2nncc2C(C)Br)o1. The Morgan fingerprint density at radius 1 is 1.53 bits per heavy atom. The molecule has 0 aliphatic carbocycles. The third-order valence-corrected chi connectivity index (χ3v) is 2.38. The Kier molecular flexibility index (Phi) is 2.81. The van der Waals surface area contributed by atoms with Gasteiger partial charge in [-0.1, -0.05) is 21.1 Å². The van der Waals surface area contributed by atoms with Crippen molar-refractivity contribution in [2.45, 2.75) is 25.2 Å². The number of hydrogen-bond acceptors (Lipinski definition) is 5. The van der Waals surface area contributed by atoms with Gasteiger partial charge in [-0.15, -0.1) is 15.3 Å². The van der Waals surface area contributed by atoms with Gasteiger partial charge in [0.25, 0.3) is 0 Å². The van der Waals surface area contributed by atoms with Gasteiger partial charge in [-0.05, 0) is 6.92 Å². The number of rotatable bonds is 3. The van der Waals surface area contributed by atoms with Crippen LogP contribution in [-0.2, 0) is 6.54 Å². The van der Waals surface area contributed by atoms with Crippen molar-refractivity contribution >= 4 is 15.9 Å². The van der Waals surface area contributed by atoms with E-state index >= 15 is 0 Å². The molecule has 80 valence electrons. The van der Waals surface area contributed by atoms with Crippen LogP contribution in [0.25, 0.3) is 0 Å². The molecule has 6 nitrogen and oxygen atoms in total. The second-order valence-corrected chi connectivity index (χ2v) is 4.52. The highest BCUT2D eigenvalue weighted by Gasteiger charge is 2.12. The minimum atomic E-state index is 0.191. The number of aryl methyl sites for hydroxylation is 1. The van der Waals surface area contributed by atoms with Crippen LogP contribution in [0.5, 0.6) is 0 Å². The lowest BCUT2D eigenvalue weighted by Gasteiger charge is -2.04. The van der Waals surface area contributed by atoms with Gasteiger partial charge < -0.3 is 4.42 Å². The van der Waals surface area contributed by atoms with Crippen molar-refractivity contribution in [2.75, 3.05) is 0 Å². The third kappa shape index (κ3) is 2.23. The van der Waals surface area contributed by atoms with Crippen LogP contribution in [0.15, 0.2) is 10.6 Å². The number of nitrogens with zero attached hydrogens (tertiary/aromatic N) is 5. The van der Waals surface area contributed by atoms with Crippen molar-refractivity contribution in [1.29, 1.82) is 0 Å². The standard InChI is InChI=1S/C8H10BrN5O/c1-5(9)7-3-10-13-14(7)4-8-12-11-6(2)15-8/h3,5H,4H2,1-2H3. The second-order valence-electron chi connectivity index (χ2n) is 3.15. The zero-order valence-corrected chi connectivity index (χ0v) is 9.97. The van der Waals surface area contributed by atoms with Crippen LogP contribution in [0.3, 0.4) is 0 Å². The molecule has 0 bridgehead atoms. The van der Waals surface area contributed by atoms with E-state index in [1.54, 1.807) is 17.8 Å². The van der Waals surface area contributed by atoms with Crippen LogP contribution in [0.2, 0.25) is 0 Å². The van der Waals surface area contributed by atoms with Crippen LogP contribution in [0, 0.1) is 6.92 Å². The molecule has 0 radical (unpaired) electrons. The molecule has 7 heteroatoms. The van der Waals surface area contributed by atoms with E-state index in [0.717, 1.165) is 5.69 Å². The zero-order chi connectivity index (χ0) is 10.8. The van der Waals surface area contributed by atoms with Crippen LogP contribution in [0.1, 0.15) is 29.2 Å². The first kappa shape index (κ1) is 10.3. The molecular weight excluding hydrogens is 262 g/mol. The Morgan fingerprint density at radius 3 is 2.93 bits per heavy atom. The fraction of sp³-hybridized carbons (Fsp3) is 0.500. The summed E-state index contributed by atoms with van der Waals surface area (Å²) in [7, 11) is 0. The lowest BCUT2D eigenvalue weighted by Crippen LogP contribution is -2.07. The summed E-state index contributed by atoms with van der Waals surface area (Å²) >= 11 is 3.46. The number of halogens is 1. The Morgan fingerprint density at radius 2 is 2.33 bits per heavy atom. The summed E-state index contributed by atoms with van der Waals surface area (Å²) in [4.78, 5) is 0.191. The van der Waals surface area contributed by atoms with Crippen molar-refractivity contribution < 1.29 is 4.42 Å². The average Bonchev–Trinajstić information content (AvgIpc) is 2.75. The fourth-order valence-electron chi connectivity index (χ4n) is 1.23. The Labute approximate surface area is 94.8 Å². The zero-order valence-electron chi connectivity index (χ0n) is 8.38. The number of hydrogen-bond donors (Lipinski definition) is 0. The molecule has 0 saturated heterocycles. The monoisotopic (exact) mass is 271 g/mol. The van der Waals surface area contributed by atoms with Gasteiger partial charge >= 0.3 is 0 Å². The predicted octanol–water partition coefficient (Wildman–Crippen LogP) is 1.47. The molecule has 2 aromatic heterocycles. The highest BCUT2D eigenvalue weighted by Crippen LogP contribution is 2.20. The summed E-state index contributed by atoms with van der Waals surface area (Å²) in [5.41, 5.74) is 0.978. The molecule has 0 N–H and O–H groups in total. The van der Waals surface area contributed by atoms with E-state index in [-0.39, 0.29) is 4.83 Å². The van der Waals surface area contributed by atoms with Gasteiger partial charge in [0.2, 0.25) is 11.8 Å². The van der Waals surface area contributed by atoms with E-state index in [4.69, 9.17) is 4.42 Å². The smallest absolute Gasteiger partial charge is 0.237 e. The molecule has 0 aromatic carbocycles. The highest BCUT2D eigenvalue weighted by molar-refractivity contribution is 9.09. The van der Waals surface area contributed by atoms with Crippen LogP contribution >= 0.6 is 15.9 Å². The van der Waals surface area contributed by atoms with E-state index in [1.165, 1.54) is 0 Å². The summed E-state index contributed by atoms with van der Waals surface area (Å²) < 4.78 is 6.99. The average molecular weight is 272 g/mol. The fourth-order valence-corrected chi connectivity index (χ4v) is 1.58. The summed E-state index contributed by atoms with van der Waals surface area (Å²) in [6, 6.07) is 0. The van der Waals surface area contributed by atoms with Gasteiger partial charge in [-0.25, -0.2) is 4.68 Å². The highest BCUT2D eigenvalue weighted by atomic mass is 79.9. The van der Waals surface area contributed by atoms with Crippen LogP contribution < -0.4 is 0 Å². The second kappa shape index (κ2) is 4.09. The maximum absolute atomic E-state index is 5.27. The lowest BCUT2D eigenvalue weighted by molar-refractivity contribution is 0.436. The molecule has 1 unspecified atom stereocenters. The molecule has 2 heterocycles. The Balaban J connectivity index is 2.20. The van der Waals surface area contributed by atoms with Crippen LogP contribution in [0.4, 0.5) is 0 Å². The first-order valence-electron chi connectivity index (χ1n) is 4.48. The summed E-state index contributed by atoms with van der Waals surface area (Å²) in [6.07, 6.45) is 1.71. The van der Waals surface area contributed by atoms with Gasteiger partial charge in [-0.2, -0.15) is 0 Å². The van der Waals surface area contributed by atoms with E-state index in [9.17, 15) is 0 Å². The maximum atomic E-state index is 5.27. The molecule has 2 rings (SSSR count). The molecule has 0 aliphatic heterocycles. The van der Waals surface area contributed by atoms with Crippen molar-refractivity contribution in [2.24, 2.45) is 0 Å². The van der Waals surface area contributed by atoms with Gasteiger partial charge in [0.1, 0.15) is 6.54 Å². The molecule has 0 fully saturated rings. The maximum Gasteiger partial charge on any atom is 0.237 e. The molecule has 0 aliphatic rings. The minimum Gasteiger partial charge on any atom is -0.424 e. The largest absolute Gasteiger partial charge is 0.424 e. The van der Waals surface area contributed by atoms with E-state index in [2.05, 4.69) is 36.4 Å². The summed E-state index contributed by atoms with van der Waals surface area (Å²) in [6.45, 7) is 4.21. The Bertz CT molecular complexity index is 449. The van der Waals surface area contributed by atoms with Crippen molar-refractivity contribution in [3.05, 3.63) is 23.7 Å². The summed E-state index contributed by atoms with van der Waals surface area (Å²) in [5, 5.41) is 15.4. The predicted molar refractivity (Wildman–Crippen MR) is 55.5 cm³/mol.